The highest BCUT2D eigenvalue weighted by atomic mass is 19.4. The van der Waals surface area contributed by atoms with Crippen LogP contribution in [0, 0.1) is 5.82 Å². The van der Waals surface area contributed by atoms with Crippen molar-refractivity contribution in [2.75, 3.05) is 0 Å². The number of aliphatic hydroxyl groups is 1. The number of aromatic nitrogens is 2. The summed E-state index contributed by atoms with van der Waals surface area (Å²) >= 11 is 0. The third-order valence-electron chi connectivity index (χ3n) is 2.30. The lowest BCUT2D eigenvalue weighted by Crippen LogP contribution is -2.05. The fourth-order valence-electron chi connectivity index (χ4n) is 1.48. The lowest BCUT2D eigenvalue weighted by atomic mass is 10.1. The molecule has 1 aromatic heterocycles. The first kappa shape index (κ1) is 12.6. The third kappa shape index (κ3) is 2.51. The van der Waals surface area contributed by atoms with Crippen LogP contribution in [-0.4, -0.2) is 15.1 Å². The standard InChI is InChI=1S/C11H8F4N2O/c12-8-2-6(1-7(3-8)11(13,14)15)10-16-4-9(5-18)17-10/h1-4,18H,5H2,(H,16,17). The molecule has 0 saturated carbocycles. The van der Waals surface area contributed by atoms with Gasteiger partial charge in [0, 0.05) is 5.56 Å². The number of H-pyrrole nitrogens is 1. The fraction of sp³-hybridized carbons (Fsp3) is 0.182. The van der Waals surface area contributed by atoms with E-state index in [2.05, 4.69) is 9.97 Å². The maximum absolute atomic E-state index is 13.1. The Hall–Kier alpha value is -1.89. The lowest BCUT2D eigenvalue weighted by molar-refractivity contribution is -0.137. The highest BCUT2D eigenvalue weighted by Crippen LogP contribution is 2.32. The van der Waals surface area contributed by atoms with E-state index in [-0.39, 0.29) is 18.0 Å². The van der Waals surface area contributed by atoms with Crippen LogP contribution in [0.25, 0.3) is 11.4 Å². The predicted molar refractivity (Wildman–Crippen MR) is 54.9 cm³/mol. The second-order valence-electron chi connectivity index (χ2n) is 3.64. The van der Waals surface area contributed by atoms with Crippen LogP contribution in [0.4, 0.5) is 17.6 Å². The Bertz CT molecular complexity index is 562. The summed E-state index contributed by atoms with van der Waals surface area (Å²) in [5, 5.41) is 8.81. The number of benzene rings is 1. The molecule has 1 aromatic carbocycles. The van der Waals surface area contributed by atoms with Gasteiger partial charge in [0.1, 0.15) is 11.6 Å². The van der Waals surface area contributed by atoms with Crippen LogP contribution in [0.3, 0.4) is 0 Å². The minimum absolute atomic E-state index is 0.0259. The molecule has 0 atom stereocenters. The number of imidazole rings is 1. The van der Waals surface area contributed by atoms with E-state index in [1.54, 1.807) is 0 Å². The van der Waals surface area contributed by atoms with Crippen molar-refractivity contribution in [1.82, 2.24) is 9.97 Å². The zero-order valence-electron chi connectivity index (χ0n) is 8.92. The van der Waals surface area contributed by atoms with Crippen molar-refractivity contribution in [2.45, 2.75) is 12.8 Å². The Morgan fingerprint density at radius 2 is 1.94 bits per heavy atom. The second-order valence-corrected chi connectivity index (χ2v) is 3.64. The summed E-state index contributed by atoms with van der Waals surface area (Å²) in [5.74, 6) is -0.925. The van der Waals surface area contributed by atoms with Crippen LogP contribution in [-0.2, 0) is 12.8 Å². The van der Waals surface area contributed by atoms with Gasteiger partial charge in [-0.15, -0.1) is 0 Å². The molecule has 2 rings (SSSR count). The van der Waals surface area contributed by atoms with Gasteiger partial charge in [-0.2, -0.15) is 13.2 Å². The van der Waals surface area contributed by atoms with Gasteiger partial charge in [-0.05, 0) is 18.2 Å². The largest absolute Gasteiger partial charge is 0.416 e. The van der Waals surface area contributed by atoms with Crippen LogP contribution >= 0.6 is 0 Å². The Morgan fingerprint density at radius 1 is 1.22 bits per heavy atom. The molecule has 3 nitrogen and oxygen atoms in total. The molecule has 0 aliphatic rings. The Labute approximate surface area is 99.1 Å². The molecule has 0 aliphatic carbocycles. The maximum atomic E-state index is 13.1. The lowest BCUT2D eigenvalue weighted by Gasteiger charge is -2.08. The Morgan fingerprint density at radius 3 is 2.50 bits per heavy atom. The quantitative estimate of drug-likeness (QED) is 0.815. The van der Waals surface area contributed by atoms with Crippen LogP contribution in [0.1, 0.15) is 11.3 Å². The van der Waals surface area contributed by atoms with Gasteiger partial charge >= 0.3 is 6.18 Å². The smallest absolute Gasteiger partial charge is 0.390 e. The van der Waals surface area contributed by atoms with Crippen molar-refractivity contribution in [3.05, 3.63) is 41.5 Å². The Balaban J connectivity index is 2.48. The van der Waals surface area contributed by atoms with Crippen molar-refractivity contribution in [2.24, 2.45) is 0 Å². The van der Waals surface area contributed by atoms with Gasteiger partial charge in [-0.3, -0.25) is 0 Å². The molecule has 0 radical (unpaired) electrons. The molecule has 7 heteroatoms. The van der Waals surface area contributed by atoms with Crippen LogP contribution in [0.2, 0.25) is 0 Å². The minimum Gasteiger partial charge on any atom is -0.390 e. The van der Waals surface area contributed by atoms with Crippen LogP contribution in [0.5, 0.6) is 0 Å². The minimum atomic E-state index is -4.62. The van der Waals surface area contributed by atoms with E-state index in [0.717, 1.165) is 12.1 Å². The van der Waals surface area contributed by atoms with E-state index in [1.807, 2.05) is 0 Å². The average Bonchev–Trinajstić information content (AvgIpc) is 2.75. The number of aromatic amines is 1. The first-order valence-electron chi connectivity index (χ1n) is 4.93. The first-order valence-corrected chi connectivity index (χ1v) is 4.93. The molecule has 1 heterocycles. The molecule has 2 N–H and O–H groups in total. The van der Waals surface area contributed by atoms with E-state index in [1.165, 1.54) is 6.20 Å². The number of hydrogen-bond donors (Lipinski definition) is 2. The first-order chi connectivity index (χ1) is 8.40. The number of nitrogens with one attached hydrogen (secondary N) is 1. The van der Waals surface area contributed by atoms with E-state index in [4.69, 9.17) is 5.11 Å². The average molecular weight is 260 g/mol. The van der Waals surface area contributed by atoms with Crippen molar-refractivity contribution in [1.29, 1.82) is 0 Å². The number of alkyl halides is 3. The molecule has 18 heavy (non-hydrogen) atoms. The fourth-order valence-corrected chi connectivity index (χ4v) is 1.48. The van der Waals surface area contributed by atoms with E-state index in [9.17, 15) is 17.6 Å². The number of hydrogen-bond acceptors (Lipinski definition) is 2. The molecule has 96 valence electrons. The molecular weight excluding hydrogens is 252 g/mol. The highest BCUT2D eigenvalue weighted by Gasteiger charge is 2.31. The van der Waals surface area contributed by atoms with E-state index < -0.39 is 17.6 Å². The summed E-state index contributed by atoms with van der Waals surface area (Å²) in [6.07, 6.45) is -3.35. The van der Waals surface area contributed by atoms with Crippen molar-refractivity contribution >= 4 is 0 Å². The number of rotatable bonds is 2. The zero-order valence-corrected chi connectivity index (χ0v) is 8.92. The van der Waals surface area contributed by atoms with Gasteiger partial charge in [0.05, 0.1) is 24.1 Å². The zero-order chi connectivity index (χ0) is 13.3. The molecule has 0 spiro atoms. The molecule has 0 amide bonds. The van der Waals surface area contributed by atoms with Gasteiger partial charge < -0.3 is 10.1 Å². The monoisotopic (exact) mass is 260 g/mol. The van der Waals surface area contributed by atoms with Gasteiger partial charge in [0.25, 0.3) is 0 Å². The number of halogens is 4. The van der Waals surface area contributed by atoms with Gasteiger partial charge in [-0.1, -0.05) is 0 Å². The molecule has 0 aliphatic heterocycles. The highest BCUT2D eigenvalue weighted by molar-refractivity contribution is 5.57. The number of nitrogens with zero attached hydrogens (tertiary/aromatic N) is 1. The SMILES string of the molecule is OCc1cnc(-c2cc(F)cc(C(F)(F)F)c2)[nH]1. The van der Waals surface area contributed by atoms with E-state index >= 15 is 0 Å². The molecule has 0 fully saturated rings. The normalized spacial score (nSPS) is 11.8. The molecule has 0 saturated heterocycles. The maximum Gasteiger partial charge on any atom is 0.416 e. The second kappa shape index (κ2) is 4.41. The van der Waals surface area contributed by atoms with Crippen molar-refractivity contribution < 1.29 is 22.7 Å². The summed E-state index contributed by atoms with van der Waals surface area (Å²) in [7, 11) is 0. The predicted octanol–water partition coefficient (Wildman–Crippen LogP) is 2.73. The van der Waals surface area contributed by atoms with Gasteiger partial charge in [0.2, 0.25) is 0 Å². The summed E-state index contributed by atoms with van der Waals surface area (Å²) < 4.78 is 50.6. The summed E-state index contributed by atoms with van der Waals surface area (Å²) in [5.41, 5.74) is -0.774. The van der Waals surface area contributed by atoms with Gasteiger partial charge in [0.15, 0.2) is 0 Å². The van der Waals surface area contributed by atoms with Crippen LogP contribution in [0.15, 0.2) is 24.4 Å². The molecular formula is C11H8F4N2O. The third-order valence-corrected chi connectivity index (χ3v) is 2.30. The summed E-state index contributed by atoms with van der Waals surface area (Å²) in [6, 6.07) is 2.15. The molecule has 2 aromatic rings. The summed E-state index contributed by atoms with van der Waals surface area (Å²) in [4.78, 5) is 6.36. The van der Waals surface area contributed by atoms with Gasteiger partial charge in [-0.25, -0.2) is 9.37 Å². The van der Waals surface area contributed by atoms with Crippen molar-refractivity contribution in [3.8, 4) is 11.4 Å². The summed E-state index contributed by atoms with van der Waals surface area (Å²) in [6.45, 7) is -0.325. The Kier molecular flexibility index (Phi) is 3.08. The van der Waals surface area contributed by atoms with E-state index in [0.29, 0.717) is 11.8 Å². The van der Waals surface area contributed by atoms with Crippen molar-refractivity contribution in [3.63, 3.8) is 0 Å². The van der Waals surface area contributed by atoms with Crippen LogP contribution < -0.4 is 0 Å². The molecule has 0 bridgehead atoms. The molecule has 0 unspecified atom stereocenters. The topological polar surface area (TPSA) is 48.9 Å². The number of aliphatic hydroxyl groups excluding tert-OH is 1.